The second kappa shape index (κ2) is 9.39. The topological polar surface area (TPSA) is 66.4 Å². The number of alkyl halides is 1. The molecule has 5 fully saturated rings. The highest BCUT2D eigenvalue weighted by Crippen LogP contribution is 2.52. The second-order valence-electron chi connectivity index (χ2n) is 14.7. The summed E-state index contributed by atoms with van der Waals surface area (Å²) in [5.74, 6) is 0. The quantitative estimate of drug-likeness (QED) is 0.394. The molecule has 0 amide bonds. The van der Waals surface area contributed by atoms with E-state index in [4.69, 9.17) is 23.7 Å². The molecule has 0 aromatic rings. The van der Waals surface area contributed by atoms with Crippen molar-refractivity contribution in [2.75, 3.05) is 0 Å². The largest absolute Gasteiger partial charge is 0.388 e. The van der Waals surface area contributed by atoms with Crippen LogP contribution in [-0.2, 0) is 23.7 Å². The first-order valence-electron chi connectivity index (χ1n) is 14.7. The van der Waals surface area contributed by atoms with Crippen LogP contribution < -0.4 is 0 Å². The van der Waals surface area contributed by atoms with E-state index < -0.39 is 5.60 Å². The molecule has 5 rings (SSSR count). The van der Waals surface area contributed by atoms with E-state index in [1.54, 1.807) is 0 Å². The smallest absolute Gasteiger partial charge is 0.0923 e. The molecule has 0 unspecified atom stereocenters. The van der Waals surface area contributed by atoms with Crippen molar-refractivity contribution in [1.82, 2.24) is 0 Å². The lowest BCUT2D eigenvalue weighted by atomic mass is 9.75. The van der Waals surface area contributed by atoms with Crippen LogP contribution in [0, 0.1) is 0 Å². The zero-order valence-electron chi connectivity index (χ0n) is 24.4. The SMILES string of the molecule is CC(C)(O)[C@H]1CC[C@](C)([C@@H]2CC[C@@](C)([C@H]3CC[C@H]4O[C@@H]([C@]5(C)CC[C@@H](Br)C(C)(C)O5)CC[C@]4(C)O3)O2)O1. The summed E-state index contributed by atoms with van der Waals surface area (Å²) in [5, 5.41) is 10.5. The number of aliphatic hydroxyl groups is 1. The Morgan fingerprint density at radius 1 is 0.622 bits per heavy atom. The molecule has 5 aliphatic heterocycles. The molecular formula is C30H51BrO6. The molecule has 5 aliphatic rings. The zero-order chi connectivity index (χ0) is 27.1. The molecule has 0 aliphatic carbocycles. The van der Waals surface area contributed by atoms with E-state index in [0.717, 1.165) is 64.2 Å². The third kappa shape index (κ3) is 5.22. The Bertz CT molecular complexity index is 859. The Balaban J connectivity index is 1.21. The molecule has 0 radical (unpaired) electrons. The summed E-state index contributed by atoms with van der Waals surface area (Å²) >= 11 is 3.82. The Kier molecular flexibility index (Phi) is 7.30. The first kappa shape index (κ1) is 28.8. The van der Waals surface area contributed by atoms with Crippen LogP contribution in [-0.4, -0.2) is 74.1 Å². The minimum absolute atomic E-state index is 0.0241. The Hall–Kier alpha value is 0.240. The molecule has 1 N–H and O–H groups in total. The minimum Gasteiger partial charge on any atom is -0.388 e. The Morgan fingerprint density at radius 2 is 1.08 bits per heavy atom. The third-order valence-corrected chi connectivity index (χ3v) is 12.2. The maximum Gasteiger partial charge on any atom is 0.0923 e. The molecule has 37 heavy (non-hydrogen) atoms. The van der Waals surface area contributed by atoms with Gasteiger partial charge in [-0.1, -0.05) is 15.9 Å². The van der Waals surface area contributed by atoms with Crippen LogP contribution in [0.4, 0.5) is 0 Å². The van der Waals surface area contributed by atoms with Crippen LogP contribution >= 0.6 is 15.9 Å². The summed E-state index contributed by atoms with van der Waals surface area (Å²) in [5.41, 5.74) is -2.30. The lowest BCUT2D eigenvalue weighted by Crippen LogP contribution is -2.63. The average Bonchev–Trinajstić information content (AvgIpc) is 3.40. The number of fused-ring (bicyclic) bond motifs is 1. The van der Waals surface area contributed by atoms with Gasteiger partial charge in [0.05, 0.1) is 64.1 Å². The fraction of sp³-hybridized carbons (Fsp3) is 1.00. The number of rotatable bonds is 4. The summed E-state index contributed by atoms with van der Waals surface area (Å²) in [6.07, 6.45) is 9.75. The maximum atomic E-state index is 10.5. The van der Waals surface area contributed by atoms with Gasteiger partial charge in [0.25, 0.3) is 0 Å². The van der Waals surface area contributed by atoms with Crippen LogP contribution in [0.1, 0.15) is 120 Å². The van der Waals surface area contributed by atoms with E-state index >= 15 is 0 Å². The highest BCUT2D eigenvalue weighted by molar-refractivity contribution is 9.09. The first-order chi connectivity index (χ1) is 17.0. The van der Waals surface area contributed by atoms with Gasteiger partial charge in [-0.15, -0.1) is 0 Å². The predicted molar refractivity (Wildman–Crippen MR) is 147 cm³/mol. The molecule has 0 aromatic heterocycles. The van der Waals surface area contributed by atoms with Gasteiger partial charge >= 0.3 is 0 Å². The van der Waals surface area contributed by atoms with Gasteiger partial charge < -0.3 is 28.8 Å². The van der Waals surface area contributed by atoms with E-state index in [0.29, 0.717) is 4.83 Å². The molecule has 5 heterocycles. The van der Waals surface area contributed by atoms with Crippen LogP contribution in [0.3, 0.4) is 0 Å². The van der Waals surface area contributed by atoms with Crippen molar-refractivity contribution in [1.29, 1.82) is 0 Å². The van der Waals surface area contributed by atoms with Crippen molar-refractivity contribution in [3.8, 4) is 0 Å². The molecule has 7 heteroatoms. The van der Waals surface area contributed by atoms with Gasteiger partial charge in [0.15, 0.2) is 0 Å². The predicted octanol–water partition coefficient (Wildman–Crippen LogP) is 6.23. The molecule has 0 bridgehead atoms. The van der Waals surface area contributed by atoms with Crippen molar-refractivity contribution in [3.63, 3.8) is 0 Å². The van der Waals surface area contributed by atoms with Gasteiger partial charge in [0.2, 0.25) is 0 Å². The van der Waals surface area contributed by atoms with Crippen LogP contribution in [0.5, 0.6) is 0 Å². The van der Waals surface area contributed by atoms with Gasteiger partial charge in [-0.3, -0.25) is 0 Å². The summed E-state index contributed by atoms with van der Waals surface area (Å²) in [6, 6.07) is 0. The van der Waals surface area contributed by atoms with E-state index in [-0.39, 0.29) is 58.5 Å². The highest BCUT2D eigenvalue weighted by atomic mass is 79.9. The molecule has 0 saturated carbocycles. The van der Waals surface area contributed by atoms with E-state index in [1.807, 2.05) is 13.8 Å². The summed E-state index contributed by atoms with van der Waals surface area (Å²) in [7, 11) is 0. The Morgan fingerprint density at radius 3 is 1.68 bits per heavy atom. The fourth-order valence-electron chi connectivity index (χ4n) is 7.89. The first-order valence-corrected chi connectivity index (χ1v) is 15.7. The fourth-order valence-corrected chi connectivity index (χ4v) is 8.21. The third-order valence-electron chi connectivity index (χ3n) is 10.6. The van der Waals surface area contributed by atoms with Crippen LogP contribution in [0.15, 0.2) is 0 Å². The monoisotopic (exact) mass is 586 g/mol. The summed E-state index contributed by atoms with van der Waals surface area (Å²) in [4.78, 5) is 0.370. The lowest BCUT2D eigenvalue weighted by molar-refractivity contribution is -0.305. The molecule has 6 nitrogen and oxygen atoms in total. The number of halogens is 1. The van der Waals surface area contributed by atoms with Crippen LogP contribution in [0.2, 0.25) is 0 Å². The highest BCUT2D eigenvalue weighted by Gasteiger charge is 2.58. The van der Waals surface area contributed by atoms with Crippen molar-refractivity contribution >= 4 is 15.9 Å². The number of hydrogen-bond acceptors (Lipinski definition) is 6. The standard InChI is InChI=1S/C30H51BrO6/c1-25(2,32)20-12-16-29(7,34-20)24-14-18-28(6,36-24)23-10-9-21-27(5,35-23)17-13-22(33-21)30(8)15-11-19(31)26(3,4)37-30/h19-24,32H,9-18H2,1-8H3/t19-,20-,21-,22-,23-,24+,27+,28+,29-,30+/m1/s1. The summed E-state index contributed by atoms with van der Waals surface area (Å²) < 4.78 is 33.7. The van der Waals surface area contributed by atoms with Crippen LogP contribution in [0.25, 0.3) is 0 Å². The van der Waals surface area contributed by atoms with E-state index in [2.05, 4.69) is 57.5 Å². The van der Waals surface area contributed by atoms with Gasteiger partial charge in [-0.25, -0.2) is 0 Å². The van der Waals surface area contributed by atoms with Gasteiger partial charge in [0, 0.05) is 4.83 Å². The molecule has 0 spiro atoms. The average molecular weight is 588 g/mol. The van der Waals surface area contributed by atoms with Crippen molar-refractivity contribution < 1.29 is 28.8 Å². The van der Waals surface area contributed by atoms with Gasteiger partial charge in [0.1, 0.15) is 0 Å². The van der Waals surface area contributed by atoms with Gasteiger partial charge in [-0.05, 0) is 120 Å². The molecular weight excluding hydrogens is 536 g/mol. The molecule has 214 valence electrons. The lowest BCUT2D eigenvalue weighted by Gasteiger charge is -2.56. The van der Waals surface area contributed by atoms with E-state index in [9.17, 15) is 5.11 Å². The Labute approximate surface area is 233 Å². The van der Waals surface area contributed by atoms with E-state index in [1.165, 1.54) is 0 Å². The van der Waals surface area contributed by atoms with Crippen molar-refractivity contribution in [2.45, 2.75) is 189 Å². The molecule has 10 atom stereocenters. The zero-order valence-corrected chi connectivity index (χ0v) is 26.0. The second-order valence-corrected chi connectivity index (χ2v) is 15.8. The number of hydrogen-bond donors (Lipinski definition) is 1. The number of ether oxygens (including phenoxy) is 5. The minimum atomic E-state index is -0.833. The normalized spacial score (nSPS) is 52.7. The summed E-state index contributed by atoms with van der Waals surface area (Å²) in [6.45, 7) is 16.9. The maximum absolute atomic E-state index is 10.5. The van der Waals surface area contributed by atoms with Crippen molar-refractivity contribution in [3.05, 3.63) is 0 Å². The van der Waals surface area contributed by atoms with Crippen molar-refractivity contribution in [2.24, 2.45) is 0 Å². The molecule has 5 saturated heterocycles. The van der Waals surface area contributed by atoms with Gasteiger partial charge in [-0.2, -0.15) is 0 Å². The molecule has 0 aromatic carbocycles.